The molecule has 0 radical (unpaired) electrons. The number of furan rings is 1. The Morgan fingerprint density at radius 3 is 2.48 bits per heavy atom. The zero-order valence-corrected chi connectivity index (χ0v) is 14.6. The van der Waals surface area contributed by atoms with E-state index >= 15 is 0 Å². The summed E-state index contributed by atoms with van der Waals surface area (Å²) in [5.74, 6) is 1.44. The summed E-state index contributed by atoms with van der Waals surface area (Å²) in [6, 6.07) is 5.31. The van der Waals surface area contributed by atoms with Crippen molar-refractivity contribution in [2.24, 2.45) is 0 Å². The summed E-state index contributed by atoms with van der Waals surface area (Å²) in [6.45, 7) is 2.93. The van der Waals surface area contributed by atoms with Gasteiger partial charge in [0, 0.05) is 5.39 Å². The Bertz CT molecular complexity index is 896. The Morgan fingerprint density at radius 2 is 1.84 bits per heavy atom. The molecule has 2 heterocycles. The third-order valence-corrected chi connectivity index (χ3v) is 4.06. The number of aliphatic hydroxyl groups is 2. The Hall–Kier alpha value is -2.51. The van der Waals surface area contributed by atoms with Crippen molar-refractivity contribution in [2.45, 2.75) is 25.6 Å². The van der Waals surface area contributed by atoms with E-state index in [-0.39, 0.29) is 6.61 Å². The number of nitrogens with zero attached hydrogens (tertiary/aromatic N) is 1. The molecule has 0 saturated heterocycles. The summed E-state index contributed by atoms with van der Waals surface area (Å²) in [6.07, 6.45) is 0.491. The van der Waals surface area contributed by atoms with Gasteiger partial charge in [0.25, 0.3) is 0 Å². The molecule has 1 aromatic carbocycles. The fraction of sp³-hybridized carbons (Fsp3) is 0.389. The molecular formula is C18H21NO6. The molecule has 134 valence electrons. The van der Waals surface area contributed by atoms with Crippen LogP contribution in [0.3, 0.4) is 0 Å². The van der Waals surface area contributed by atoms with E-state index in [1.165, 1.54) is 21.0 Å². The number of hydrogen-bond acceptors (Lipinski definition) is 7. The monoisotopic (exact) mass is 347 g/mol. The van der Waals surface area contributed by atoms with Crippen LogP contribution in [0.15, 0.2) is 28.9 Å². The topological polar surface area (TPSA) is 94.2 Å². The third kappa shape index (κ3) is 3.08. The molecule has 7 heteroatoms. The first-order chi connectivity index (χ1) is 11.9. The van der Waals surface area contributed by atoms with Crippen LogP contribution in [0.25, 0.3) is 22.0 Å². The smallest absolute Gasteiger partial charge is 0.230 e. The number of aromatic nitrogens is 1. The molecular weight excluding hydrogens is 326 g/mol. The van der Waals surface area contributed by atoms with E-state index in [0.717, 1.165) is 10.8 Å². The highest BCUT2D eigenvalue weighted by Crippen LogP contribution is 2.41. The average Bonchev–Trinajstić information content (AvgIpc) is 3.04. The predicted molar refractivity (Wildman–Crippen MR) is 92.4 cm³/mol. The van der Waals surface area contributed by atoms with Gasteiger partial charge in [-0.3, -0.25) is 0 Å². The van der Waals surface area contributed by atoms with E-state index in [4.69, 9.17) is 18.6 Å². The maximum atomic E-state index is 9.95. The normalized spacial score (nSPS) is 13.2. The van der Waals surface area contributed by atoms with Crippen molar-refractivity contribution >= 4 is 22.0 Å². The lowest BCUT2D eigenvalue weighted by Crippen LogP contribution is -2.40. The van der Waals surface area contributed by atoms with Gasteiger partial charge in [0.1, 0.15) is 24.0 Å². The predicted octanol–water partition coefficient (Wildman–Crippen LogP) is 2.51. The number of pyridine rings is 1. The molecule has 2 aromatic heterocycles. The molecule has 0 spiro atoms. The van der Waals surface area contributed by atoms with E-state index in [0.29, 0.717) is 28.5 Å². The van der Waals surface area contributed by atoms with Gasteiger partial charge in [0.05, 0.1) is 31.5 Å². The minimum absolute atomic E-state index is 0.0918. The second-order valence-corrected chi connectivity index (χ2v) is 6.26. The van der Waals surface area contributed by atoms with Crippen LogP contribution in [0.2, 0.25) is 0 Å². The Labute approximate surface area is 144 Å². The van der Waals surface area contributed by atoms with Gasteiger partial charge in [0.15, 0.2) is 11.5 Å². The minimum Gasteiger partial charge on any atom is -0.495 e. The number of methoxy groups -OCH3 is 2. The van der Waals surface area contributed by atoms with Crippen molar-refractivity contribution in [3.05, 3.63) is 24.5 Å². The molecule has 0 aliphatic heterocycles. The van der Waals surface area contributed by atoms with Crippen molar-refractivity contribution in [1.82, 2.24) is 4.98 Å². The van der Waals surface area contributed by atoms with Gasteiger partial charge in [-0.05, 0) is 32.0 Å². The molecule has 3 aromatic rings. The second kappa shape index (κ2) is 6.42. The lowest BCUT2D eigenvalue weighted by molar-refractivity contribution is -0.0663. The first-order valence-corrected chi connectivity index (χ1v) is 7.82. The van der Waals surface area contributed by atoms with E-state index < -0.39 is 11.7 Å². The number of fused-ring (bicyclic) bond motifs is 2. The van der Waals surface area contributed by atoms with Gasteiger partial charge in [0.2, 0.25) is 5.71 Å². The van der Waals surface area contributed by atoms with E-state index in [1.807, 2.05) is 6.07 Å². The van der Waals surface area contributed by atoms with Crippen molar-refractivity contribution in [3.8, 4) is 17.2 Å². The molecule has 3 rings (SSSR count). The molecule has 0 aliphatic carbocycles. The SMILES string of the molecule is COc1c2ccoc2nc2c(OC)c(OC[C@@H](O)C(C)(C)O)ccc12. The van der Waals surface area contributed by atoms with Gasteiger partial charge < -0.3 is 28.8 Å². The first kappa shape index (κ1) is 17.3. The van der Waals surface area contributed by atoms with Gasteiger partial charge in [-0.2, -0.15) is 0 Å². The molecule has 0 aliphatic rings. The maximum Gasteiger partial charge on any atom is 0.230 e. The van der Waals surface area contributed by atoms with Crippen molar-refractivity contribution in [3.63, 3.8) is 0 Å². The van der Waals surface area contributed by atoms with Crippen LogP contribution in [0.5, 0.6) is 17.2 Å². The second-order valence-electron chi connectivity index (χ2n) is 6.26. The summed E-state index contributed by atoms with van der Waals surface area (Å²) < 4.78 is 22.0. The van der Waals surface area contributed by atoms with E-state index in [9.17, 15) is 10.2 Å². The van der Waals surface area contributed by atoms with Gasteiger partial charge in [-0.15, -0.1) is 0 Å². The van der Waals surface area contributed by atoms with E-state index in [1.54, 1.807) is 25.5 Å². The largest absolute Gasteiger partial charge is 0.495 e. The van der Waals surface area contributed by atoms with Crippen molar-refractivity contribution < 1.29 is 28.8 Å². The molecule has 0 fully saturated rings. The maximum absolute atomic E-state index is 9.95. The average molecular weight is 347 g/mol. The highest BCUT2D eigenvalue weighted by atomic mass is 16.5. The molecule has 0 bridgehead atoms. The zero-order valence-electron chi connectivity index (χ0n) is 14.6. The highest BCUT2D eigenvalue weighted by Gasteiger charge is 2.26. The van der Waals surface area contributed by atoms with Crippen LogP contribution in [0.4, 0.5) is 0 Å². The zero-order chi connectivity index (χ0) is 18.2. The van der Waals surface area contributed by atoms with Crippen molar-refractivity contribution in [2.75, 3.05) is 20.8 Å². The van der Waals surface area contributed by atoms with Gasteiger partial charge in [-0.25, -0.2) is 4.98 Å². The fourth-order valence-electron chi connectivity index (χ4n) is 2.56. The van der Waals surface area contributed by atoms with Gasteiger partial charge >= 0.3 is 0 Å². The number of rotatable bonds is 6. The highest BCUT2D eigenvalue weighted by molar-refractivity contribution is 6.02. The molecule has 0 amide bonds. The third-order valence-electron chi connectivity index (χ3n) is 4.06. The minimum atomic E-state index is -1.27. The quantitative estimate of drug-likeness (QED) is 0.707. The summed E-state index contributed by atoms with van der Waals surface area (Å²) in [4.78, 5) is 4.49. The molecule has 25 heavy (non-hydrogen) atoms. The molecule has 7 nitrogen and oxygen atoms in total. The number of ether oxygens (including phenoxy) is 3. The molecule has 0 saturated carbocycles. The van der Waals surface area contributed by atoms with E-state index in [2.05, 4.69) is 4.98 Å². The molecule has 1 atom stereocenters. The summed E-state index contributed by atoms with van der Waals surface area (Å²) in [5.41, 5.74) is -0.320. The number of benzene rings is 1. The summed E-state index contributed by atoms with van der Waals surface area (Å²) in [7, 11) is 3.09. The number of hydrogen-bond donors (Lipinski definition) is 2. The van der Waals surface area contributed by atoms with Crippen LogP contribution in [0.1, 0.15) is 13.8 Å². The first-order valence-electron chi connectivity index (χ1n) is 7.82. The Balaban J connectivity index is 2.08. The standard InChI is InChI=1S/C18H21NO6/c1-18(2,21)13(20)9-25-12-6-5-10-14(16(12)23-4)19-17-11(7-8-24-17)15(10)22-3/h5-8,13,20-21H,9H2,1-4H3/t13-/m1/s1. The van der Waals surface area contributed by atoms with Gasteiger partial charge in [-0.1, -0.05) is 0 Å². The van der Waals surface area contributed by atoms with Crippen LogP contribution in [-0.4, -0.2) is 47.7 Å². The summed E-state index contributed by atoms with van der Waals surface area (Å²) in [5, 5.41) is 21.3. The van der Waals surface area contributed by atoms with Crippen LogP contribution in [0, 0.1) is 0 Å². The van der Waals surface area contributed by atoms with Crippen LogP contribution in [-0.2, 0) is 0 Å². The van der Waals surface area contributed by atoms with Crippen LogP contribution < -0.4 is 14.2 Å². The Kier molecular flexibility index (Phi) is 4.45. The lowest BCUT2D eigenvalue weighted by atomic mass is 10.0. The number of aliphatic hydroxyl groups excluding tert-OH is 1. The summed E-state index contributed by atoms with van der Waals surface area (Å²) >= 11 is 0. The van der Waals surface area contributed by atoms with Crippen molar-refractivity contribution in [1.29, 1.82) is 0 Å². The fourth-order valence-corrected chi connectivity index (χ4v) is 2.56. The molecule has 2 N–H and O–H groups in total. The van der Waals surface area contributed by atoms with Crippen LogP contribution >= 0.6 is 0 Å². The lowest BCUT2D eigenvalue weighted by Gasteiger charge is -2.24. The Morgan fingerprint density at radius 1 is 1.12 bits per heavy atom. The molecule has 0 unspecified atom stereocenters.